The van der Waals surface area contributed by atoms with Crippen molar-refractivity contribution in [1.29, 1.82) is 0 Å². The molecule has 0 bridgehead atoms. The van der Waals surface area contributed by atoms with Crippen molar-refractivity contribution < 1.29 is 27.9 Å². The van der Waals surface area contributed by atoms with Gasteiger partial charge in [0.2, 0.25) is 10.0 Å². The van der Waals surface area contributed by atoms with Gasteiger partial charge < -0.3 is 15.2 Å². The molecule has 0 aliphatic carbocycles. The van der Waals surface area contributed by atoms with Crippen LogP contribution in [0.1, 0.15) is 12.8 Å². The Labute approximate surface area is 133 Å². The fraction of sp³-hybridized carbons (Fsp3) is 0.429. The summed E-state index contributed by atoms with van der Waals surface area (Å²) < 4.78 is 31.8. The van der Waals surface area contributed by atoms with Crippen LogP contribution in [0.25, 0.3) is 0 Å². The zero-order valence-corrected chi connectivity index (χ0v) is 13.0. The second kappa shape index (κ2) is 5.82. The smallest absolute Gasteiger partial charge is 0.307 e. The number of ether oxygens (including phenoxy) is 1. The molecule has 1 saturated heterocycles. The summed E-state index contributed by atoms with van der Waals surface area (Å²) in [4.78, 5) is 22.5. The highest BCUT2D eigenvalue weighted by atomic mass is 32.2. The normalized spacial score (nSPS) is 21.9. The molecule has 1 aromatic rings. The third kappa shape index (κ3) is 3.02. The Balaban J connectivity index is 1.89. The predicted molar refractivity (Wildman–Crippen MR) is 79.7 cm³/mol. The molecule has 1 aromatic carbocycles. The molecular weight excluding hydrogens is 324 g/mol. The Morgan fingerprint density at radius 3 is 2.91 bits per heavy atom. The van der Waals surface area contributed by atoms with Crippen molar-refractivity contribution in [1.82, 2.24) is 4.31 Å². The standard InChI is InChI=1S/C14H16N2O6S/c17-13-8-22-12-4-3-10(6-11(12)15-13)23(20,21)16-5-1-2-9(7-16)14(18)19/h3-4,6,9H,1-2,5,7-8H2,(H,15,17)(H,18,19). The first-order chi connectivity index (χ1) is 10.9. The predicted octanol–water partition coefficient (Wildman–Crippen LogP) is 0.503. The molecule has 1 unspecified atom stereocenters. The molecule has 0 aromatic heterocycles. The Morgan fingerprint density at radius 2 is 2.17 bits per heavy atom. The van der Waals surface area contributed by atoms with Crippen molar-refractivity contribution in [2.75, 3.05) is 25.0 Å². The summed E-state index contributed by atoms with van der Waals surface area (Å²) in [6.45, 7) is 0.134. The molecule has 2 aliphatic rings. The molecule has 2 aliphatic heterocycles. The van der Waals surface area contributed by atoms with E-state index in [1.54, 1.807) is 0 Å². The third-order valence-corrected chi connectivity index (χ3v) is 5.82. The van der Waals surface area contributed by atoms with E-state index < -0.39 is 21.9 Å². The van der Waals surface area contributed by atoms with E-state index in [2.05, 4.69) is 5.32 Å². The van der Waals surface area contributed by atoms with Gasteiger partial charge in [0.1, 0.15) is 5.75 Å². The Kier molecular flexibility index (Phi) is 3.99. The van der Waals surface area contributed by atoms with E-state index in [0.29, 0.717) is 24.3 Å². The van der Waals surface area contributed by atoms with Gasteiger partial charge in [-0.2, -0.15) is 4.31 Å². The minimum absolute atomic E-state index is 0.00749. The number of sulfonamides is 1. The molecule has 124 valence electrons. The van der Waals surface area contributed by atoms with Crippen molar-refractivity contribution in [2.45, 2.75) is 17.7 Å². The van der Waals surface area contributed by atoms with E-state index in [9.17, 15) is 18.0 Å². The Bertz CT molecular complexity index is 761. The summed E-state index contributed by atoms with van der Waals surface area (Å²) in [6.07, 6.45) is 0.969. The van der Waals surface area contributed by atoms with Gasteiger partial charge in [-0.15, -0.1) is 0 Å². The number of nitrogens with one attached hydrogen (secondary N) is 1. The van der Waals surface area contributed by atoms with Crippen LogP contribution < -0.4 is 10.1 Å². The molecule has 0 saturated carbocycles. The molecule has 2 N–H and O–H groups in total. The van der Waals surface area contributed by atoms with Gasteiger partial charge >= 0.3 is 5.97 Å². The molecule has 8 nitrogen and oxygen atoms in total. The number of carbonyl (C=O) groups excluding carboxylic acids is 1. The molecule has 0 spiro atoms. The van der Waals surface area contributed by atoms with Crippen LogP contribution in [0, 0.1) is 5.92 Å². The first-order valence-corrected chi connectivity index (χ1v) is 8.61. The number of hydrogen-bond acceptors (Lipinski definition) is 5. The molecule has 2 heterocycles. The van der Waals surface area contributed by atoms with Crippen LogP contribution in [0.3, 0.4) is 0 Å². The number of benzene rings is 1. The summed E-state index contributed by atoms with van der Waals surface area (Å²) in [5.74, 6) is -1.63. The zero-order valence-electron chi connectivity index (χ0n) is 12.2. The molecule has 9 heteroatoms. The average Bonchev–Trinajstić information content (AvgIpc) is 2.54. The summed E-state index contributed by atoms with van der Waals surface area (Å²) in [7, 11) is -3.82. The molecular formula is C14H16N2O6S. The zero-order chi connectivity index (χ0) is 16.6. The number of anilines is 1. The van der Waals surface area contributed by atoms with E-state index in [4.69, 9.17) is 9.84 Å². The number of hydrogen-bond donors (Lipinski definition) is 2. The van der Waals surface area contributed by atoms with Crippen LogP contribution in [0.2, 0.25) is 0 Å². The highest BCUT2D eigenvalue weighted by Gasteiger charge is 2.33. The molecule has 3 rings (SSSR count). The topological polar surface area (TPSA) is 113 Å². The van der Waals surface area contributed by atoms with Gasteiger partial charge in [0.15, 0.2) is 6.61 Å². The lowest BCUT2D eigenvalue weighted by molar-refractivity contribution is -0.142. The number of nitrogens with zero attached hydrogens (tertiary/aromatic N) is 1. The van der Waals surface area contributed by atoms with Crippen LogP contribution in [-0.2, 0) is 19.6 Å². The average molecular weight is 340 g/mol. The lowest BCUT2D eigenvalue weighted by Gasteiger charge is -2.30. The highest BCUT2D eigenvalue weighted by Crippen LogP contribution is 2.32. The molecule has 1 fully saturated rings. The van der Waals surface area contributed by atoms with Gasteiger partial charge in [-0.3, -0.25) is 9.59 Å². The quantitative estimate of drug-likeness (QED) is 0.828. The van der Waals surface area contributed by atoms with Crippen molar-refractivity contribution in [3.05, 3.63) is 18.2 Å². The maximum absolute atomic E-state index is 12.7. The lowest BCUT2D eigenvalue weighted by atomic mass is 10.0. The van der Waals surface area contributed by atoms with Crippen LogP contribution in [0.15, 0.2) is 23.1 Å². The number of carbonyl (C=O) groups is 2. The van der Waals surface area contributed by atoms with E-state index >= 15 is 0 Å². The number of fused-ring (bicyclic) bond motifs is 1. The Hall–Kier alpha value is -2.13. The highest BCUT2D eigenvalue weighted by molar-refractivity contribution is 7.89. The largest absolute Gasteiger partial charge is 0.482 e. The maximum atomic E-state index is 12.7. The number of carboxylic acids is 1. The van der Waals surface area contributed by atoms with E-state index in [1.165, 1.54) is 22.5 Å². The van der Waals surface area contributed by atoms with Gasteiger partial charge in [0, 0.05) is 13.1 Å². The second-order valence-corrected chi connectivity index (χ2v) is 7.47. The summed E-state index contributed by atoms with van der Waals surface area (Å²) >= 11 is 0. The Morgan fingerprint density at radius 1 is 1.39 bits per heavy atom. The molecule has 23 heavy (non-hydrogen) atoms. The number of aliphatic carboxylic acids is 1. The van der Waals surface area contributed by atoms with Gasteiger partial charge in [-0.25, -0.2) is 8.42 Å². The summed E-state index contributed by atoms with van der Waals surface area (Å²) in [5, 5.41) is 11.7. The lowest BCUT2D eigenvalue weighted by Crippen LogP contribution is -2.42. The van der Waals surface area contributed by atoms with E-state index in [-0.39, 0.29) is 30.5 Å². The van der Waals surface area contributed by atoms with E-state index in [1.807, 2.05) is 0 Å². The molecule has 1 amide bonds. The minimum atomic E-state index is -3.82. The van der Waals surface area contributed by atoms with Crippen LogP contribution >= 0.6 is 0 Å². The van der Waals surface area contributed by atoms with Gasteiger partial charge in [-0.1, -0.05) is 0 Å². The molecule has 1 atom stereocenters. The van der Waals surface area contributed by atoms with Crippen LogP contribution in [-0.4, -0.2) is 49.4 Å². The van der Waals surface area contributed by atoms with Crippen molar-refractivity contribution >= 4 is 27.6 Å². The van der Waals surface area contributed by atoms with Crippen molar-refractivity contribution in [3.63, 3.8) is 0 Å². The fourth-order valence-electron chi connectivity index (χ4n) is 2.73. The summed E-state index contributed by atoms with van der Waals surface area (Å²) in [5.41, 5.74) is 0.300. The number of amides is 1. The first kappa shape index (κ1) is 15.8. The SMILES string of the molecule is O=C1COc2ccc(S(=O)(=O)N3CCCC(C(=O)O)C3)cc2N1. The van der Waals surface area contributed by atoms with Crippen LogP contribution in [0.5, 0.6) is 5.75 Å². The minimum Gasteiger partial charge on any atom is -0.482 e. The van der Waals surface area contributed by atoms with E-state index in [0.717, 1.165) is 0 Å². The van der Waals surface area contributed by atoms with Gasteiger partial charge in [0.05, 0.1) is 16.5 Å². The van der Waals surface area contributed by atoms with Crippen molar-refractivity contribution in [2.24, 2.45) is 5.92 Å². The van der Waals surface area contributed by atoms with Crippen molar-refractivity contribution in [3.8, 4) is 5.75 Å². The molecule has 0 radical (unpaired) electrons. The van der Waals surface area contributed by atoms with Gasteiger partial charge in [-0.05, 0) is 31.0 Å². The summed E-state index contributed by atoms with van der Waals surface area (Å²) in [6, 6.07) is 4.22. The number of carboxylic acid groups (broad SMARTS) is 1. The maximum Gasteiger partial charge on any atom is 0.307 e. The third-order valence-electron chi connectivity index (χ3n) is 3.96. The number of piperidine rings is 1. The first-order valence-electron chi connectivity index (χ1n) is 7.17. The second-order valence-electron chi connectivity index (χ2n) is 5.54. The fourth-order valence-corrected chi connectivity index (χ4v) is 4.28. The monoisotopic (exact) mass is 340 g/mol. The van der Waals surface area contributed by atoms with Gasteiger partial charge in [0.25, 0.3) is 5.91 Å². The number of rotatable bonds is 3. The van der Waals surface area contributed by atoms with Crippen LogP contribution in [0.4, 0.5) is 5.69 Å².